The molecule has 1 atom stereocenters. The van der Waals surface area contributed by atoms with Gasteiger partial charge in [0.1, 0.15) is 18.2 Å². The first kappa shape index (κ1) is 31.0. The molecule has 0 fully saturated rings. The van der Waals surface area contributed by atoms with E-state index in [1.54, 1.807) is 12.2 Å². The van der Waals surface area contributed by atoms with Gasteiger partial charge in [-0.25, -0.2) is 9.97 Å². The van der Waals surface area contributed by atoms with Crippen LogP contribution in [0.5, 0.6) is 0 Å². The second kappa shape index (κ2) is 13.8. The number of alkyl halides is 6. The lowest BCUT2D eigenvalue weighted by Gasteiger charge is -2.05. The third kappa shape index (κ3) is 9.55. The van der Waals surface area contributed by atoms with Crippen molar-refractivity contribution in [1.29, 1.82) is 0 Å². The lowest BCUT2D eigenvalue weighted by molar-refractivity contribution is -0.138. The van der Waals surface area contributed by atoms with Gasteiger partial charge < -0.3 is 13.6 Å². The zero-order chi connectivity index (χ0) is 30.2. The van der Waals surface area contributed by atoms with Gasteiger partial charge in [-0.3, -0.25) is 4.21 Å². The summed E-state index contributed by atoms with van der Waals surface area (Å²) in [5.74, 6) is 1.06. The molecule has 2 aromatic carbocycles. The number of halogens is 6. The summed E-state index contributed by atoms with van der Waals surface area (Å²) >= 11 is 0. The molecule has 4 rings (SSSR count). The highest BCUT2D eigenvalue weighted by Crippen LogP contribution is 2.30. The van der Waals surface area contributed by atoms with E-state index in [1.807, 2.05) is 0 Å². The van der Waals surface area contributed by atoms with E-state index < -0.39 is 34.3 Å². The fourth-order valence-corrected chi connectivity index (χ4v) is 4.61. The Labute approximate surface area is 239 Å². The number of hydrogen-bond donors (Lipinski definition) is 0. The fraction of sp³-hybridized carbons (Fsp3) is 0.241. The van der Waals surface area contributed by atoms with Crippen molar-refractivity contribution in [2.24, 2.45) is 0 Å². The van der Waals surface area contributed by atoms with Crippen molar-refractivity contribution in [3.05, 3.63) is 106 Å². The van der Waals surface area contributed by atoms with Crippen LogP contribution in [0.25, 0.3) is 24.3 Å². The van der Waals surface area contributed by atoms with Gasteiger partial charge in [0, 0.05) is 35.3 Å². The van der Waals surface area contributed by atoms with E-state index in [9.17, 15) is 30.6 Å². The summed E-state index contributed by atoms with van der Waals surface area (Å²) in [6.45, 7) is 0.497. The normalized spacial score (nSPS) is 13.4. The first-order valence-corrected chi connectivity index (χ1v) is 14.0. The second-order valence-corrected chi connectivity index (χ2v) is 10.5. The van der Waals surface area contributed by atoms with Crippen LogP contribution in [0, 0.1) is 0 Å². The molecule has 0 saturated heterocycles. The van der Waals surface area contributed by atoms with Gasteiger partial charge in [0.2, 0.25) is 11.8 Å². The average Bonchev–Trinajstić information content (AvgIpc) is 3.59. The Hall–Kier alpha value is -3.97. The third-order valence-electron chi connectivity index (χ3n) is 5.67. The van der Waals surface area contributed by atoms with Crippen molar-refractivity contribution in [3.63, 3.8) is 0 Å². The number of hydrogen-bond acceptors (Lipinski definition) is 6. The molecule has 0 N–H and O–H groups in total. The molecule has 42 heavy (non-hydrogen) atoms. The van der Waals surface area contributed by atoms with Gasteiger partial charge in [-0.15, -0.1) is 0 Å². The van der Waals surface area contributed by atoms with E-state index in [4.69, 9.17) is 13.6 Å². The predicted octanol–water partition coefficient (Wildman–Crippen LogP) is 7.90. The lowest BCUT2D eigenvalue weighted by Crippen LogP contribution is -2.05. The van der Waals surface area contributed by atoms with Crippen LogP contribution in [0.3, 0.4) is 0 Å². The standard InChI is InChI=1S/C29H24F6N2O4S/c30-28(31,32)22-8-2-20(3-9-22)6-12-26-36-24(17-40-26)16-39-14-1-15-42(38)19-25-18-41-27(37-25)13-7-21-4-10-23(11-5-21)29(33,34)35/h2-13,17-18H,1,14-16,19H2/b12-6+,13-7+. The molecular weight excluding hydrogens is 586 g/mol. The topological polar surface area (TPSA) is 78.4 Å². The maximum Gasteiger partial charge on any atom is 0.416 e. The van der Waals surface area contributed by atoms with E-state index in [0.717, 1.165) is 24.3 Å². The number of nitrogens with zero attached hydrogens (tertiary/aromatic N) is 2. The number of rotatable bonds is 12. The Bertz CT molecular complexity index is 1520. The maximum atomic E-state index is 12.7. The molecular formula is C29H24F6N2O4S. The maximum absolute atomic E-state index is 12.7. The van der Waals surface area contributed by atoms with E-state index in [0.29, 0.717) is 41.3 Å². The van der Waals surface area contributed by atoms with Gasteiger partial charge in [-0.05, 0) is 54.0 Å². The largest absolute Gasteiger partial charge is 0.445 e. The number of oxazole rings is 2. The summed E-state index contributed by atoms with van der Waals surface area (Å²) in [7, 11) is -1.22. The van der Waals surface area contributed by atoms with Crippen LogP contribution in [-0.4, -0.2) is 26.5 Å². The number of ether oxygens (including phenoxy) is 1. The molecule has 0 aliphatic carbocycles. The van der Waals surface area contributed by atoms with Crippen LogP contribution >= 0.6 is 0 Å². The first-order valence-electron chi connectivity index (χ1n) is 12.5. The van der Waals surface area contributed by atoms with Crippen LogP contribution < -0.4 is 0 Å². The summed E-state index contributed by atoms with van der Waals surface area (Å²) in [6, 6.07) is 9.35. The SMILES string of the molecule is O=S(CCCOCc1coc(/C=C/c2ccc(C(F)(F)F)cc2)n1)Cc1coc(/C=C/c2ccc(C(F)(F)F)cc2)n1. The van der Waals surface area contributed by atoms with Crippen LogP contribution in [-0.2, 0) is 40.2 Å². The third-order valence-corrected chi connectivity index (χ3v) is 7.03. The first-order chi connectivity index (χ1) is 20.0. The highest BCUT2D eigenvalue weighted by atomic mass is 32.2. The Morgan fingerprint density at radius 2 is 1.19 bits per heavy atom. The smallest absolute Gasteiger partial charge is 0.416 e. The molecule has 2 aromatic heterocycles. The molecule has 0 aliphatic rings. The van der Waals surface area contributed by atoms with E-state index in [1.165, 1.54) is 48.9 Å². The van der Waals surface area contributed by atoms with Gasteiger partial charge in [-0.1, -0.05) is 24.3 Å². The van der Waals surface area contributed by atoms with E-state index in [2.05, 4.69) is 9.97 Å². The highest BCUT2D eigenvalue weighted by molar-refractivity contribution is 7.84. The van der Waals surface area contributed by atoms with Crippen molar-refractivity contribution >= 4 is 35.1 Å². The minimum Gasteiger partial charge on any atom is -0.445 e. The summed E-state index contributed by atoms with van der Waals surface area (Å²) in [5.41, 5.74) is 0.661. The number of aromatic nitrogens is 2. The van der Waals surface area contributed by atoms with Crippen LogP contribution in [0.15, 0.2) is 69.9 Å². The molecule has 222 valence electrons. The summed E-state index contributed by atoms with van der Waals surface area (Å²) in [5, 5.41) is 0. The fourth-order valence-electron chi connectivity index (χ4n) is 3.57. The Balaban J connectivity index is 1.14. The van der Waals surface area contributed by atoms with Crippen LogP contribution in [0.4, 0.5) is 26.3 Å². The van der Waals surface area contributed by atoms with Gasteiger partial charge in [-0.2, -0.15) is 26.3 Å². The van der Waals surface area contributed by atoms with Crippen molar-refractivity contribution in [1.82, 2.24) is 9.97 Å². The molecule has 6 nitrogen and oxygen atoms in total. The quantitative estimate of drug-likeness (QED) is 0.120. The Morgan fingerprint density at radius 1 is 0.714 bits per heavy atom. The average molecular weight is 611 g/mol. The molecule has 0 bridgehead atoms. The van der Waals surface area contributed by atoms with Gasteiger partial charge >= 0.3 is 12.4 Å². The lowest BCUT2D eigenvalue weighted by atomic mass is 10.1. The second-order valence-electron chi connectivity index (χ2n) is 8.95. The monoisotopic (exact) mass is 610 g/mol. The molecule has 0 spiro atoms. The Morgan fingerprint density at radius 3 is 1.69 bits per heavy atom. The molecule has 0 aliphatic heterocycles. The van der Waals surface area contributed by atoms with Crippen molar-refractivity contribution in [3.8, 4) is 0 Å². The molecule has 13 heteroatoms. The van der Waals surface area contributed by atoms with E-state index >= 15 is 0 Å². The molecule has 4 aromatic rings. The predicted molar refractivity (Wildman–Crippen MR) is 145 cm³/mol. The van der Waals surface area contributed by atoms with Crippen LogP contribution in [0.1, 0.15) is 51.8 Å². The highest BCUT2D eigenvalue weighted by Gasteiger charge is 2.30. The molecule has 0 amide bonds. The molecule has 1 unspecified atom stereocenters. The summed E-state index contributed by atoms with van der Waals surface area (Å²) in [6.07, 6.45) is 0.733. The molecule has 2 heterocycles. The Kier molecular flexibility index (Phi) is 10.2. The number of benzene rings is 2. The van der Waals surface area contributed by atoms with Crippen molar-refractivity contribution < 1.29 is 44.1 Å². The molecule has 0 saturated carbocycles. The summed E-state index contributed by atoms with van der Waals surface area (Å²) in [4.78, 5) is 8.46. The van der Waals surface area contributed by atoms with Gasteiger partial charge in [0.15, 0.2) is 0 Å². The van der Waals surface area contributed by atoms with Crippen molar-refractivity contribution in [2.75, 3.05) is 12.4 Å². The van der Waals surface area contributed by atoms with E-state index in [-0.39, 0.29) is 24.1 Å². The molecule has 0 radical (unpaired) electrons. The zero-order valence-electron chi connectivity index (χ0n) is 21.8. The zero-order valence-corrected chi connectivity index (χ0v) is 22.6. The minimum atomic E-state index is -4.40. The van der Waals surface area contributed by atoms with Gasteiger partial charge in [0.05, 0.1) is 29.2 Å². The van der Waals surface area contributed by atoms with Crippen molar-refractivity contribution in [2.45, 2.75) is 31.1 Å². The minimum absolute atomic E-state index is 0.169. The summed E-state index contributed by atoms with van der Waals surface area (Å²) < 4.78 is 105. The van der Waals surface area contributed by atoms with Gasteiger partial charge in [0.25, 0.3) is 0 Å². The van der Waals surface area contributed by atoms with Crippen LogP contribution in [0.2, 0.25) is 0 Å².